The van der Waals surface area contributed by atoms with Crippen molar-refractivity contribution in [2.45, 2.75) is 58.5 Å². The Morgan fingerprint density at radius 3 is 2.22 bits per heavy atom. The second-order valence-electron chi connectivity index (χ2n) is 10.4. The summed E-state index contributed by atoms with van der Waals surface area (Å²) in [6.07, 6.45) is 14.6. The molecule has 7 heteroatoms. The van der Waals surface area contributed by atoms with E-state index in [1.807, 2.05) is 23.2 Å². The molecule has 1 aliphatic carbocycles. The van der Waals surface area contributed by atoms with Crippen molar-refractivity contribution in [3.8, 4) is 11.5 Å². The molecule has 0 bridgehead atoms. The molecule has 0 aromatic heterocycles. The highest BCUT2D eigenvalue weighted by molar-refractivity contribution is 5.78. The van der Waals surface area contributed by atoms with E-state index in [0.717, 1.165) is 80.4 Å². The van der Waals surface area contributed by atoms with Crippen LogP contribution >= 0.6 is 0 Å². The summed E-state index contributed by atoms with van der Waals surface area (Å²) in [7, 11) is 5.05. The molecule has 2 N–H and O–H groups in total. The first-order chi connectivity index (χ1) is 18.1. The molecule has 0 amide bonds. The quantitative estimate of drug-likeness (QED) is 0.373. The minimum absolute atomic E-state index is 0.479. The summed E-state index contributed by atoms with van der Waals surface area (Å²) in [5.41, 5.74) is 5.08. The van der Waals surface area contributed by atoms with Gasteiger partial charge in [-0.1, -0.05) is 25.8 Å². The summed E-state index contributed by atoms with van der Waals surface area (Å²) < 4.78 is 22.7. The summed E-state index contributed by atoms with van der Waals surface area (Å²) in [6, 6.07) is 4.00. The van der Waals surface area contributed by atoms with Gasteiger partial charge in [0.2, 0.25) is 0 Å². The third-order valence-corrected chi connectivity index (χ3v) is 7.85. The van der Waals surface area contributed by atoms with Crippen molar-refractivity contribution >= 4 is 5.70 Å². The molecule has 0 unspecified atom stereocenters. The van der Waals surface area contributed by atoms with E-state index >= 15 is 0 Å². The maximum Gasteiger partial charge on any atom is 0.132 e. The molecule has 1 saturated carbocycles. The molecule has 0 atom stereocenters. The van der Waals surface area contributed by atoms with Crippen LogP contribution in [0.4, 0.5) is 0 Å². The standard InChI is InChI=1S/C30H45N3O4/c1-5-8-25(32(19-22-9-6-10-22)20-23-13-15-37-16-14-23)26-11-7-12-27(33(26)31)30-28(35-3)17-24(21-34-2)18-29(30)36-4/h7,11-12,17-18,22-23H,5-6,8-10,13-16,19-21,31H2,1-4H3/b26-25+. The maximum absolute atomic E-state index is 6.95. The second kappa shape index (κ2) is 13.4. The normalized spacial score (nSPS) is 19.9. The predicted molar refractivity (Wildman–Crippen MR) is 148 cm³/mol. The SMILES string of the molecule is CCC/C(=C1/C=CC=C(c2c(OC)cc(COC)cc2OC)N1N)N(CC1CCC1)CC1CCOCC1. The Morgan fingerprint density at radius 1 is 1.03 bits per heavy atom. The molecule has 2 heterocycles. The first kappa shape index (κ1) is 27.6. The van der Waals surface area contributed by atoms with Gasteiger partial charge < -0.3 is 23.8 Å². The third kappa shape index (κ3) is 6.51. The summed E-state index contributed by atoms with van der Waals surface area (Å²) >= 11 is 0. The van der Waals surface area contributed by atoms with Gasteiger partial charge in [0.1, 0.15) is 11.5 Å². The average molecular weight is 512 g/mol. The molecule has 2 fully saturated rings. The van der Waals surface area contributed by atoms with Crippen molar-refractivity contribution in [3.05, 3.63) is 52.9 Å². The van der Waals surface area contributed by atoms with Crippen molar-refractivity contribution in [2.75, 3.05) is 47.6 Å². The smallest absolute Gasteiger partial charge is 0.132 e. The number of hydrogen-bond acceptors (Lipinski definition) is 7. The molecular weight excluding hydrogens is 466 g/mol. The average Bonchev–Trinajstić information content (AvgIpc) is 2.89. The second-order valence-corrected chi connectivity index (χ2v) is 10.4. The number of hydrogen-bond donors (Lipinski definition) is 1. The van der Waals surface area contributed by atoms with E-state index in [0.29, 0.717) is 24.0 Å². The summed E-state index contributed by atoms with van der Waals surface area (Å²) in [4.78, 5) is 2.65. The molecular formula is C30H45N3O4. The third-order valence-electron chi connectivity index (χ3n) is 7.85. The van der Waals surface area contributed by atoms with Crippen LogP contribution in [0.15, 0.2) is 41.8 Å². The Hall–Kier alpha value is -2.48. The van der Waals surface area contributed by atoms with Crippen LogP contribution in [-0.2, 0) is 16.1 Å². The number of ether oxygens (including phenoxy) is 4. The fourth-order valence-corrected chi connectivity index (χ4v) is 5.64. The minimum Gasteiger partial charge on any atom is -0.496 e. The number of nitrogens with two attached hydrogens (primary N) is 1. The molecule has 37 heavy (non-hydrogen) atoms. The highest BCUT2D eigenvalue weighted by Gasteiger charge is 2.29. The topological polar surface area (TPSA) is 69.4 Å². The lowest BCUT2D eigenvalue weighted by Gasteiger charge is -2.40. The van der Waals surface area contributed by atoms with Crippen LogP contribution in [0.1, 0.15) is 63.0 Å². The van der Waals surface area contributed by atoms with Crippen LogP contribution < -0.4 is 15.3 Å². The van der Waals surface area contributed by atoms with Crippen LogP contribution in [0.2, 0.25) is 0 Å². The predicted octanol–water partition coefficient (Wildman–Crippen LogP) is 5.48. The van der Waals surface area contributed by atoms with Crippen LogP contribution in [0.5, 0.6) is 11.5 Å². The highest BCUT2D eigenvalue weighted by atomic mass is 16.5. The molecule has 204 valence electrons. The molecule has 1 saturated heterocycles. The molecule has 2 aliphatic heterocycles. The van der Waals surface area contributed by atoms with Crippen LogP contribution in [0.25, 0.3) is 5.70 Å². The van der Waals surface area contributed by atoms with E-state index in [4.69, 9.17) is 24.8 Å². The van der Waals surface area contributed by atoms with Crippen molar-refractivity contribution in [3.63, 3.8) is 0 Å². The van der Waals surface area contributed by atoms with E-state index in [-0.39, 0.29) is 0 Å². The van der Waals surface area contributed by atoms with Gasteiger partial charge in [-0.05, 0) is 73.8 Å². The Balaban J connectivity index is 1.71. The molecule has 1 aromatic rings. The summed E-state index contributed by atoms with van der Waals surface area (Å²) in [5, 5.41) is 1.83. The Kier molecular flexibility index (Phi) is 9.95. The van der Waals surface area contributed by atoms with Crippen molar-refractivity contribution in [2.24, 2.45) is 17.7 Å². The number of allylic oxidation sites excluding steroid dienone is 4. The zero-order chi connectivity index (χ0) is 26.2. The van der Waals surface area contributed by atoms with Gasteiger partial charge >= 0.3 is 0 Å². The number of benzene rings is 1. The van der Waals surface area contributed by atoms with Gasteiger partial charge in [0.25, 0.3) is 0 Å². The number of hydrazine groups is 1. The Bertz CT molecular complexity index is 968. The molecule has 7 nitrogen and oxygen atoms in total. The lowest BCUT2D eigenvalue weighted by Crippen LogP contribution is -2.40. The largest absolute Gasteiger partial charge is 0.496 e. The van der Waals surface area contributed by atoms with Crippen molar-refractivity contribution < 1.29 is 18.9 Å². The van der Waals surface area contributed by atoms with Gasteiger partial charge in [-0.2, -0.15) is 0 Å². The van der Waals surface area contributed by atoms with E-state index in [2.05, 4.69) is 24.0 Å². The first-order valence-corrected chi connectivity index (χ1v) is 13.8. The molecule has 3 aliphatic rings. The van der Waals surface area contributed by atoms with Crippen LogP contribution in [-0.4, -0.2) is 57.5 Å². The summed E-state index contributed by atoms with van der Waals surface area (Å²) in [6.45, 7) is 6.65. The van der Waals surface area contributed by atoms with Gasteiger partial charge in [0.05, 0.1) is 37.8 Å². The fraction of sp³-hybridized carbons (Fsp3) is 0.600. The Morgan fingerprint density at radius 2 is 1.68 bits per heavy atom. The highest BCUT2D eigenvalue weighted by Crippen LogP contribution is 2.41. The van der Waals surface area contributed by atoms with Crippen molar-refractivity contribution in [1.29, 1.82) is 0 Å². The maximum atomic E-state index is 6.95. The lowest BCUT2D eigenvalue weighted by molar-refractivity contribution is 0.0522. The van der Waals surface area contributed by atoms with E-state index in [9.17, 15) is 0 Å². The van der Waals surface area contributed by atoms with Crippen LogP contribution in [0, 0.1) is 11.8 Å². The molecule has 0 radical (unpaired) electrons. The Labute approximate surface area is 222 Å². The number of nitrogens with zero attached hydrogens (tertiary/aromatic N) is 2. The molecule has 1 aromatic carbocycles. The fourth-order valence-electron chi connectivity index (χ4n) is 5.64. The molecule has 0 spiro atoms. The van der Waals surface area contributed by atoms with Gasteiger partial charge in [0, 0.05) is 39.1 Å². The van der Waals surface area contributed by atoms with Gasteiger partial charge in [-0.15, -0.1) is 0 Å². The van der Waals surface area contributed by atoms with Gasteiger partial charge in [0.15, 0.2) is 0 Å². The van der Waals surface area contributed by atoms with Crippen molar-refractivity contribution in [1.82, 2.24) is 9.91 Å². The van der Waals surface area contributed by atoms with Gasteiger partial charge in [-0.25, -0.2) is 5.84 Å². The van der Waals surface area contributed by atoms with Crippen LogP contribution in [0.3, 0.4) is 0 Å². The van der Waals surface area contributed by atoms with E-state index < -0.39 is 0 Å². The zero-order valence-electron chi connectivity index (χ0n) is 23.1. The van der Waals surface area contributed by atoms with E-state index in [1.54, 1.807) is 21.3 Å². The number of methoxy groups -OCH3 is 3. The summed E-state index contributed by atoms with van der Waals surface area (Å²) in [5.74, 6) is 9.81. The zero-order valence-corrected chi connectivity index (χ0v) is 23.1. The lowest BCUT2D eigenvalue weighted by atomic mass is 9.84. The van der Waals surface area contributed by atoms with Gasteiger partial charge in [-0.3, -0.25) is 5.01 Å². The monoisotopic (exact) mass is 511 g/mol. The van der Waals surface area contributed by atoms with E-state index in [1.165, 1.54) is 25.0 Å². The number of rotatable bonds is 12. The molecule has 4 rings (SSSR count). The minimum atomic E-state index is 0.479. The first-order valence-electron chi connectivity index (χ1n) is 13.8.